The molecular weight excluding hydrogens is 299 g/mol. The highest BCUT2D eigenvalue weighted by Gasteiger charge is 2.44. The largest absolute Gasteiger partial charge is 0.416 e. The number of ether oxygens (including phenoxy) is 1. The number of fused-ring (bicyclic) bond motifs is 1. The van der Waals surface area contributed by atoms with Gasteiger partial charge in [0.25, 0.3) is 5.91 Å². The fourth-order valence-corrected chi connectivity index (χ4v) is 2.37. The van der Waals surface area contributed by atoms with Crippen molar-refractivity contribution in [1.29, 1.82) is 0 Å². The summed E-state index contributed by atoms with van der Waals surface area (Å²) >= 11 is 0. The van der Waals surface area contributed by atoms with Crippen molar-refractivity contribution in [3.05, 3.63) is 36.2 Å². The number of hydrogen-bond donors (Lipinski definition) is 0. The number of carbonyl (C=O) groups excluding carboxylic acids is 1. The molecule has 116 valence electrons. The fourth-order valence-electron chi connectivity index (χ4n) is 2.37. The third-order valence-electron chi connectivity index (χ3n) is 3.45. The van der Waals surface area contributed by atoms with Gasteiger partial charge < -0.3 is 9.64 Å². The third-order valence-corrected chi connectivity index (χ3v) is 3.45. The molecule has 0 bridgehead atoms. The normalized spacial score (nSPS) is 19.4. The first kappa shape index (κ1) is 14.7. The minimum atomic E-state index is -4.49. The number of benzene rings is 1. The topological polar surface area (TPSA) is 55.3 Å². The van der Waals surface area contributed by atoms with Crippen LogP contribution in [0.4, 0.5) is 13.2 Å². The zero-order valence-corrected chi connectivity index (χ0v) is 11.4. The molecule has 0 saturated carbocycles. The van der Waals surface area contributed by atoms with Crippen LogP contribution in [-0.2, 0) is 4.74 Å². The summed E-state index contributed by atoms with van der Waals surface area (Å²) in [7, 11) is 0. The summed E-state index contributed by atoms with van der Waals surface area (Å²) in [5, 5.41) is 0. The Labute approximate surface area is 123 Å². The van der Waals surface area contributed by atoms with E-state index in [-0.39, 0.29) is 18.7 Å². The molecule has 2 aromatic rings. The Bertz CT molecular complexity index is 700. The van der Waals surface area contributed by atoms with Gasteiger partial charge in [-0.1, -0.05) is 6.07 Å². The monoisotopic (exact) mass is 311 g/mol. The van der Waals surface area contributed by atoms with Crippen molar-refractivity contribution in [2.75, 3.05) is 19.7 Å². The molecule has 1 aromatic carbocycles. The van der Waals surface area contributed by atoms with E-state index in [1.54, 1.807) is 12.1 Å². The maximum atomic E-state index is 12.7. The highest BCUT2D eigenvalue weighted by atomic mass is 19.4. The molecule has 1 saturated heterocycles. The molecule has 1 fully saturated rings. The van der Waals surface area contributed by atoms with Crippen molar-refractivity contribution < 1.29 is 22.7 Å². The van der Waals surface area contributed by atoms with Crippen molar-refractivity contribution >= 4 is 16.9 Å². The Morgan fingerprint density at radius 3 is 2.82 bits per heavy atom. The smallest absolute Gasteiger partial charge is 0.365 e. The van der Waals surface area contributed by atoms with E-state index in [0.717, 1.165) is 4.90 Å². The van der Waals surface area contributed by atoms with Crippen molar-refractivity contribution in [2.24, 2.45) is 0 Å². The van der Waals surface area contributed by atoms with Gasteiger partial charge in [-0.25, -0.2) is 0 Å². The Kier molecular flexibility index (Phi) is 3.69. The number of halogens is 3. The summed E-state index contributed by atoms with van der Waals surface area (Å²) < 4.78 is 42.9. The molecule has 1 aliphatic rings. The average molecular weight is 311 g/mol. The molecule has 1 amide bonds. The van der Waals surface area contributed by atoms with Gasteiger partial charge in [-0.05, 0) is 12.1 Å². The molecule has 0 spiro atoms. The standard InChI is InChI=1S/C14H12F3N3O2/c15-14(16,17)11-8-20(6-7-22-11)13(21)9-2-1-3-10-12(9)19-5-4-18-10/h1-5,11H,6-8H2. The number of aromatic nitrogens is 2. The van der Waals surface area contributed by atoms with Crippen LogP contribution >= 0.6 is 0 Å². The lowest BCUT2D eigenvalue weighted by molar-refractivity contribution is -0.233. The van der Waals surface area contributed by atoms with E-state index in [9.17, 15) is 18.0 Å². The van der Waals surface area contributed by atoms with E-state index in [1.807, 2.05) is 0 Å². The van der Waals surface area contributed by atoms with E-state index < -0.39 is 24.7 Å². The van der Waals surface area contributed by atoms with Gasteiger partial charge in [0, 0.05) is 18.9 Å². The molecule has 3 rings (SSSR count). The van der Waals surface area contributed by atoms with Crippen LogP contribution in [0.1, 0.15) is 10.4 Å². The quantitative estimate of drug-likeness (QED) is 0.809. The highest BCUT2D eigenvalue weighted by molar-refractivity contribution is 6.04. The van der Waals surface area contributed by atoms with E-state index in [2.05, 4.69) is 9.97 Å². The lowest BCUT2D eigenvalue weighted by Gasteiger charge is -2.33. The van der Waals surface area contributed by atoms with Crippen LogP contribution in [0, 0.1) is 0 Å². The van der Waals surface area contributed by atoms with Crippen LogP contribution in [0.25, 0.3) is 11.0 Å². The molecular formula is C14H12F3N3O2. The lowest BCUT2D eigenvalue weighted by Crippen LogP contribution is -2.51. The first-order chi connectivity index (χ1) is 10.5. The maximum Gasteiger partial charge on any atom is 0.416 e. The van der Waals surface area contributed by atoms with Crippen molar-refractivity contribution in [3.63, 3.8) is 0 Å². The highest BCUT2D eigenvalue weighted by Crippen LogP contribution is 2.27. The number of alkyl halides is 3. The number of amides is 1. The summed E-state index contributed by atoms with van der Waals surface area (Å²) in [5.41, 5.74) is 1.15. The number of para-hydroxylation sites is 1. The Morgan fingerprint density at radius 1 is 1.27 bits per heavy atom. The second kappa shape index (κ2) is 5.53. The summed E-state index contributed by atoms with van der Waals surface area (Å²) in [6, 6.07) is 4.86. The number of rotatable bonds is 1. The minimum absolute atomic E-state index is 0.113. The number of carbonyl (C=O) groups is 1. The third kappa shape index (κ3) is 2.74. The van der Waals surface area contributed by atoms with Gasteiger partial charge in [0.15, 0.2) is 6.10 Å². The van der Waals surface area contributed by atoms with Gasteiger partial charge in [0.2, 0.25) is 0 Å². The lowest BCUT2D eigenvalue weighted by atomic mass is 10.1. The van der Waals surface area contributed by atoms with Crippen LogP contribution < -0.4 is 0 Å². The number of nitrogens with zero attached hydrogens (tertiary/aromatic N) is 3. The molecule has 22 heavy (non-hydrogen) atoms. The SMILES string of the molecule is O=C(c1cccc2nccnc12)N1CCOC(C(F)(F)F)C1. The van der Waals surface area contributed by atoms with Gasteiger partial charge >= 0.3 is 6.18 Å². The molecule has 5 nitrogen and oxygen atoms in total. The first-order valence-corrected chi connectivity index (χ1v) is 6.64. The first-order valence-electron chi connectivity index (χ1n) is 6.64. The summed E-state index contributed by atoms with van der Waals surface area (Å²) in [5.74, 6) is -0.497. The predicted octanol–water partition coefficient (Wildman–Crippen LogP) is 2.03. The van der Waals surface area contributed by atoms with Crippen molar-refractivity contribution in [3.8, 4) is 0 Å². The zero-order valence-electron chi connectivity index (χ0n) is 11.4. The van der Waals surface area contributed by atoms with Gasteiger partial charge in [-0.3, -0.25) is 14.8 Å². The Hall–Kier alpha value is -2.22. The average Bonchev–Trinajstić information content (AvgIpc) is 2.53. The van der Waals surface area contributed by atoms with Gasteiger partial charge in [0.05, 0.1) is 24.2 Å². The fraction of sp³-hybridized carbons (Fsp3) is 0.357. The van der Waals surface area contributed by atoms with Crippen LogP contribution in [-0.4, -0.2) is 52.8 Å². The summed E-state index contributed by atoms with van der Waals surface area (Å²) in [4.78, 5) is 21.9. The summed E-state index contributed by atoms with van der Waals surface area (Å²) in [6.07, 6.45) is -3.51. The maximum absolute atomic E-state index is 12.7. The van der Waals surface area contributed by atoms with E-state index in [4.69, 9.17) is 4.74 Å². The molecule has 0 aliphatic carbocycles. The van der Waals surface area contributed by atoms with Gasteiger partial charge in [-0.15, -0.1) is 0 Å². The molecule has 0 radical (unpaired) electrons. The van der Waals surface area contributed by atoms with Crippen LogP contribution in [0.15, 0.2) is 30.6 Å². The minimum Gasteiger partial charge on any atom is -0.365 e. The van der Waals surface area contributed by atoms with Crippen LogP contribution in [0.2, 0.25) is 0 Å². The molecule has 0 N–H and O–H groups in total. The number of morpholine rings is 1. The predicted molar refractivity (Wildman–Crippen MR) is 71.2 cm³/mol. The molecule has 2 heterocycles. The van der Waals surface area contributed by atoms with E-state index in [0.29, 0.717) is 11.0 Å². The van der Waals surface area contributed by atoms with Crippen molar-refractivity contribution in [2.45, 2.75) is 12.3 Å². The van der Waals surface area contributed by atoms with Gasteiger partial charge in [0.1, 0.15) is 5.52 Å². The van der Waals surface area contributed by atoms with E-state index in [1.165, 1.54) is 18.5 Å². The Morgan fingerprint density at radius 2 is 2.05 bits per heavy atom. The molecule has 1 unspecified atom stereocenters. The molecule has 1 aliphatic heterocycles. The zero-order chi connectivity index (χ0) is 15.7. The second-order valence-corrected chi connectivity index (χ2v) is 4.88. The molecule has 1 aromatic heterocycles. The van der Waals surface area contributed by atoms with Crippen LogP contribution in [0.3, 0.4) is 0 Å². The second-order valence-electron chi connectivity index (χ2n) is 4.88. The number of hydrogen-bond acceptors (Lipinski definition) is 4. The van der Waals surface area contributed by atoms with E-state index >= 15 is 0 Å². The molecule has 1 atom stereocenters. The molecule has 8 heteroatoms. The Balaban J connectivity index is 1.90. The summed E-state index contributed by atoms with van der Waals surface area (Å²) in [6.45, 7) is -0.548. The van der Waals surface area contributed by atoms with Crippen molar-refractivity contribution in [1.82, 2.24) is 14.9 Å². The van der Waals surface area contributed by atoms with Gasteiger partial charge in [-0.2, -0.15) is 13.2 Å². The van der Waals surface area contributed by atoms with Crippen LogP contribution in [0.5, 0.6) is 0 Å².